The molecule has 0 heterocycles. The van der Waals surface area contributed by atoms with Gasteiger partial charge in [0.25, 0.3) is 0 Å². The molecule has 1 nitrogen and oxygen atoms in total. The molecule has 14 heavy (non-hydrogen) atoms. The van der Waals surface area contributed by atoms with Gasteiger partial charge in [0.1, 0.15) is 0 Å². The highest BCUT2D eigenvalue weighted by molar-refractivity contribution is 4.77. The van der Waals surface area contributed by atoms with E-state index in [1.807, 2.05) is 0 Å². The zero-order chi connectivity index (χ0) is 10.4. The Bertz CT molecular complexity index is 143. The van der Waals surface area contributed by atoms with Crippen LogP contribution in [0, 0.1) is 5.92 Å². The number of hydrogen-bond donors (Lipinski definition) is 1. The smallest absolute Gasteiger partial charge is 0.0122 e. The first-order valence-corrected chi connectivity index (χ1v) is 6.33. The molecule has 1 aliphatic carbocycles. The molecule has 0 saturated heterocycles. The molecule has 0 aromatic heterocycles. The summed E-state index contributed by atoms with van der Waals surface area (Å²) in [5, 5.41) is 3.40. The van der Waals surface area contributed by atoms with Crippen LogP contribution in [0.25, 0.3) is 0 Å². The van der Waals surface area contributed by atoms with E-state index >= 15 is 0 Å². The molecule has 0 bridgehead atoms. The summed E-state index contributed by atoms with van der Waals surface area (Å²) in [6.07, 6.45) is 11.6. The maximum absolute atomic E-state index is 3.40. The summed E-state index contributed by atoms with van der Waals surface area (Å²) in [7, 11) is 2.08. The SMILES string of the molecule is CNC(C)(C)CCC1CCCCCC1. The molecule has 1 N–H and O–H groups in total. The number of rotatable bonds is 4. The first-order valence-electron chi connectivity index (χ1n) is 6.33. The minimum absolute atomic E-state index is 0.340. The normalized spacial score (nSPS) is 20.8. The van der Waals surface area contributed by atoms with E-state index in [0.717, 1.165) is 5.92 Å². The van der Waals surface area contributed by atoms with Crippen molar-refractivity contribution < 1.29 is 0 Å². The molecule has 0 aromatic carbocycles. The molecule has 0 unspecified atom stereocenters. The fourth-order valence-corrected chi connectivity index (χ4v) is 2.34. The van der Waals surface area contributed by atoms with E-state index in [1.54, 1.807) is 0 Å². The van der Waals surface area contributed by atoms with Gasteiger partial charge in [-0.05, 0) is 39.7 Å². The van der Waals surface area contributed by atoms with Gasteiger partial charge in [0.05, 0.1) is 0 Å². The van der Waals surface area contributed by atoms with E-state index in [2.05, 4.69) is 26.2 Å². The first kappa shape index (κ1) is 12.0. The molecule has 1 fully saturated rings. The number of hydrogen-bond acceptors (Lipinski definition) is 1. The Morgan fingerprint density at radius 1 is 1.07 bits per heavy atom. The predicted octanol–water partition coefficient (Wildman–Crippen LogP) is 3.74. The lowest BCUT2D eigenvalue weighted by atomic mass is 9.88. The Morgan fingerprint density at radius 2 is 1.64 bits per heavy atom. The van der Waals surface area contributed by atoms with Crippen molar-refractivity contribution in [1.29, 1.82) is 0 Å². The van der Waals surface area contributed by atoms with Gasteiger partial charge < -0.3 is 5.32 Å². The zero-order valence-corrected chi connectivity index (χ0v) is 10.2. The fraction of sp³-hybridized carbons (Fsp3) is 1.00. The molecular weight excluding hydrogens is 170 g/mol. The van der Waals surface area contributed by atoms with Crippen molar-refractivity contribution >= 4 is 0 Å². The molecule has 0 spiro atoms. The van der Waals surface area contributed by atoms with Crippen molar-refractivity contribution in [1.82, 2.24) is 5.32 Å². The van der Waals surface area contributed by atoms with Gasteiger partial charge in [-0.3, -0.25) is 0 Å². The average Bonchev–Trinajstić information content (AvgIpc) is 2.43. The molecule has 0 atom stereocenters. The third-order valence-corrected chi connectivity index (χ3v) is 3.83. The van der Waals surface area contributed by atoms with Crippen LogP contribution in [-0.2, 0) is 0 Å². The monoisotopic (exact) mass is 197 g/mol. The van der Waals surface area contributed by atoms with Gasteiger partial charge in [-0.15, -0.1) is 0 Å². The highest BCUT2D eigenvalue weighted by Gasteiger charge is 2.18. The van der Waals surface area contributed by atoms with Gasteiger partial charge in [0, 0.05) is 5.54 Å². The fourth-order valence-electron chi connectivity index (χ4n) is 2.34. The van der Waals surface area contributed by atoms with Crippen LogP contribution in [0.4, 0.5) is 0 Å². The van der Waals surface area contributed by atoms with Crippen molar-refractivity contribution in [3.63, 3.8) is 0 Å². The number of nitrogens with one attached hydrogen (secondary N) is 1. The van der Waals surface area contributed by atoms with E-state index in [9.17, 15) is 0 Å². The Kier molecular flexibility index (Phi) is 4.94. The molecule has 0 aromatic rings. The summed E-state index contributed by atoms with van der Waals surface area (Å²) >= 11 is 0. The Hall–Kier alpha value is -0.0400. The van der Waals surface area contributed by atoms with Crippen LogP contribution >= 0.6 is 0 Å². The molecule has 0 amide bonds. The largest absolute Gasteiger partial charge is 0.315 e. The van der Waals surface area contributed by atoms with Crippen molar-refractivity contribution in [2.45, 2.75) is 70.8 Å². The third kappa shape index (κ3) is 4.45. The van der Waals surface area contributed by atoms with Gasteiger partial charge in [0.15, 0.2) is 0 Å². The second-order valence-corrected chi connectivity index (χ2v) is 5.53. The highest BCUT2D eigenvalue weighted by atomic mass is 14.9. The quantitative estimate of drug-likeness (QED) is 0.677. The van der Waals surface area contributed by atoms with Crippen LogP contribution in [0.15, 0.2) is 0 Å². The lowest BCUT2D eigenvalue weighted by Crippen LogP contribution is -2.36. The third-order valence-electron chi connectivity index (χ3n) is 3.83. The minimum atomic E-state index is 0.340. The molecule has 0 radical (unpaired) electrons. The van der Waals surface area contributed by atoms with E-state index in [1.165, 1.54) is 51.4 Å². The molecule has 84 valence electrons. The highest BCUT2D eigenvalue weighted by Crippen LogP contribution is 2.28. The summed E-state index contributed by atoms with van der Waals surface area (Å²) in [6, 6.07) is 0. The van der Waals surface area contributed by atoms with Gasteiger partial charge >= 0.3 is 0 Å². The topological polar surface area (TPSA) is 12.0 Å². The summed E-state index contributed by atoms with van der Waals surface area (Å²) in [5.41, 5.74) is 0.340. The van der Waals surface area contributed by atoms with Crippen molar-refractivity contribution in [2.24, 2.45) is 5.92 Å². The van der Waals surface area contributed by atoms with Gasteiger partial charge in [0.2, 0.25) is 0 Å². The van der Waals surface area contributed by atoms with Crippen LogP contribution in [0.5, 0.6) is 0 Å². The van der Waals surface area contributed by atoms with Crippen molar-refractivity contribution in [3.8, 4) is 0 Å². The second-order valence-electron chi connectivity index (χ2n) is 5.53. The molecule has 1 heteroatoms. The van der Waals surface area contributed by atoms with Crippen LogP contribution in [0.1, 0.15) is 65.2 Å². The minimum Gasteiger partial charge on any atom is -0.315 e. The Labute approximate surface area is 89.7 Å². The zero-order valence-electron chi connectivity index (χ0n) is 10.2. The van der Waals surface area contributed by atoms with Crippen molar-refractivity contribution in [2.75, 3.05) is 7.05 Å². The molecule has 1 saturated carbocycles. The van der Waals surface area contributed by atoms with E-state index in [0.29, 0.717) is 5.54 Å². The summed E-state index contributed by atoms with van der Waals surface area (Å²) in [4.78, 5) is 0. The first-order chi connectivity index (χ1) is 6.64. The van der Waals surface area contributed by atoms with E-state index < -0.39 is 0 Å². The Balaban J connectivity index is 2.22. The van der Waals surface area contributed by atoms with Crippen LogP contribution in [-0.4, -0.2) is 12.6 Å². The maximum atomic E-state index is 3.40. The molecule has 1 aliphatic rings. The summed E-state index contributed by atoms with van der Waals surface area (Å²) in [5.74, 6) is 1.02. The van der Waals surface area contributed by atoms with E-state index in [-0.39, 0.29) is 0 Å². The van der Waals surface area contributed by atoms with Gasteiger partial charge in [-0.2, -0.15) is 0 Å². The second kappa shape index (κ2) is 5.75. The maximum Gasteiger partial charge on any atom is 0.0122 e. The van der Waals surface area contributed by atoms with Crippen LogP contribution < -0.4 is 5.32 Å². The predicted molar refractivity (Wildman–Crippen MR) is 63.6 cm³/mol. The van der Waals surface area contributed by atoms with Crippen LogP contribution in [0.3, 0.4) is 0 Å². The van der Waals surface area contributed by atoms with Crippen molar-refractivity contribution in [3.05, 3.63) is 0 Å². The molecule has 1 rings (SSSR count). The lowest BCUT2D eigenvalue weighted by Gasteiger charge is -2.26. The molecule has 0 aliphatic heterocycles. The Morgan fingerprint density at radius 3 is 2.14 bits per heavy atom. The summed E-state index contributed by atoms with van der Waals surface area (Å²) in [6.45, 7) is 4.62. The van der Waals surface area contributed by atoms with E-state index in [4.69, 9.17) is 0 Å². The average molecular weight is 197 g/mol. The standard InChI is InChI=1S/C13H27N/c1-13(2,14-3)11-10-12-8-6-4-5-7-9-12/h12,14H,4-11H2,1-3H3. The molecular formula is C13H27N. The van der Waals surface area contributed by atoms with Gasteiger partial charge in [-0.1, -0.05) is 38.5 Å². The van der Waals surface area contributed by atoms with Gasteiger partial charge in [-0.25, -0.2) is 0 Å². The van der Waals surface area contributed by atoms with Crippen LogP contribution in [0.2, 0.25) is 0 Å². The summed E-state index contributed by atoms with van der Waals surface area (Å²) < 4.78 is 0. The lowest BCUT2D eigenvalue weighted by molar-refractivity contribution is 0.321.